The van der Waals surface area contributed by atoms with Crippen LogP contribution in [0.4, 0.5) is 13.2 Å². The number of aromatic nitrogens is 2. The number of hydrogen-bond acceptors (Lipinski definition) is 6. The Bertz CT molecular complexity index is 1040. The molecule has 1 saturated heterocycles. The maximum absolute atomic E-state index is 14.8. The summed E-state index contributed by atoms with van der Waals surface area (Å²) >= 11 is 0. The molecular formula is C20H24F3N7. The summed E-state index contributed by atoms with van der Waals surface area (Å²) < 4.78 is 42.5. The van der Waals surface area contributed by atoms with Crippen LogP contribution in [0.5, 0.6) is 0 Å². The van der Waals surface area contributed by atoms with Gasteiger partial charge in [0.05, 0.1) is 23.9 Å². The number of aliphatic imine (C=N–C) groups is 1. The van der Waals surface area contributed by atoms with Crippen LogP contribution < -0.4 is 21.3 Å². The van der Waals surface area contributed by atoms with Crippen LogP contribution in [0.2, 0.25) is 0 Å². The Labute approximate surface area is 171 Å². The summed E-state index contributed by atoms with van der Waals surface area (Å²) in [6, 6.07) is 0. The molecule has 0 spiro atoms. The number of rotatable bonds is 3. The maximum Gasteiger partial charge on any atom is 0.260 e. The average Bonchev–Trinajstić information content (AvgIpc) is 3.32. The highest BCUT2D eigenvalue weighted by Crippen LogP contribution is 2.29. The summed E-state index contributed by atoms with van der Waals surface area (Å²) in [4.78, 5) is 6.01. The van der Waals surface area contributed by atoms with Crippen molar-refractivity contribution in [3.05, 3.63) is 34.1 Å². The summed E-state index contributed by atoms with van der Waals surface area (Å²) in [5, 5.41) is 13.6. The topological polar surface area (TPSA) is 71.6 Å². The van der Waals surface area contributed by atoms with Gasteiger partial charge in [0.1, 0.15) is 18.0 Å². The van der Waals surface area contributed by atoms with Crippen LogP contribution in [0.1, 0.15) is 18.5 Å². The van der Waals surface area contributed by atoms with E-state index in [2.05, 4.69) is 25.9 Å². The van der Waals surface area contributed by atoms with Crippen molar-refractivity contribution in [2.45, 2.75) is 31.1 Å². The lowest BCUT2D eigenvalue weighted by Gasteiger charge is -2.36. The van der Waals surface area contributed by atoms with Gasteiger partial charge in [0.25, 0.3) is 5.92 Å². The molecule has 3 aliphatic heterocycles. The van der Waals surface area contributed by atoms with E-state index in [1.807, 2.05) is 30.4 Å². The average molecular weight is 419 g/mol. The van der Waals surface area contributed by atoms with Gasteiger partial charge in [-0.05, 0) is 24.1 Å². The molecule has 1 aliphatic carbocycles. The van der Waals surface area contributed by atoms with Crippen molar-refractivity contribution < 1.29 is 13.2 Å². The standard InChI is InChI=1S/C20H24F3N7/c1-29-9-12(8-26-29)13-5-14-16(6-15(13)21)27-28-19(14)17-7-18(25-11-24-17)30-4-2-3-20(22,23)10-30/h5-7,9,11,13,15,18,26-27H,2-4,8,10H2,1H3,(H,24,25). The largest absolute Gasteiger partial charge is 0.345 e. The molecule has 0 amide bonds. The molecule has 160 valence electrons. The predicted octanol–water partition coefficient (Wildman–Crippen LogP) is 0.302. The van der Waals surface area contributed by atoms with Gasteiger partial charge in [-0.1, -0.05) is 6.08 Å². The van der Waals surface area contributed by atoms with Crippen LogP contribution in [0.25, 0.3) is 17.8 Å². The first-order chi connectivity index (χ1) is 14.4. The van der Waals surface area contributed by atoms with Gasteiger partial charge in [-0.15, -0.1) is 0 Å². The van der Waals surface area contributed by atoms with Crippen molar-refractivity contribution in [3.8, 4) is 0 Å². The summed E-state index contributed by atoms with van der Waals surface area (Å²) in [6.45, 7) is 0.852. The highest BCUT2D eigenvalue weighted by Gasteiger charge is 2.38. The molecular weight excluding hydrogens is 395 g/mol. The highest BCUT2D eigenvalue weighted by molar-refractivity contribution is 5.78. The van der Waals surface area contributed by atoms with E-state index < -0.39 is 18.3 Å². The van der Waals surface area contributed by atoms with E-state index in [-0.39, 0.29) is 18.9 Å². The van der Waals surface area contributed by atoms with Gasteiger partial charge in [-0.3, -0.25) is 15.0 Å². The lowest BCUT2D eigenvalue weighted by atomic mass is 9.90. The Balaban J connectivity index is 1.47. The SMILES string of the molecule is CN1C=C(C2C=c3c(C4=CC(N5CCCC(F)(F)C5)N=CN4)n[nH]c3=CC2F)CN1. The molecule has 1 aromatic rings. The van der Waals surface area contributed by atoms with Crippen LogP contribution in [0.15, 0.2) is 22.8 Å². The zero-order valence-corrected chi connectivity index (χ0v) is 16.6. The fraction of sp³-hybridized carbons (Fsp3) is 0.500. The van der Waals surface area contributed by atoms with E-state index in [1.165, 1.54) is 6.34 Å². The third-order valence-corrected chi connectivity index (χ3v) is 5.98. The molecule has 10 heteroatoms. The first-order valence-corrected chi connectivity index (χ1v) is 10.1. The molecule has 0 bridgehead atoms. The normalized spacial score (nSPS) is 30.7. The lowest BCUT2D eigenvalue weighted by molar-refractivity contribution is -0.0697. The van der Waals surface area contributed by atoms with Crippen LogP contribution in [0.3, 0.4) is 0 Å². The number of aromatic amines is 1. The number of piperidine rings is 1. The monoisotopic (exact) mass is 419 g/mol. The summed E-state index contributed by atoms with van der Waals surface area (Å²) in [5.41, 5.74) is 5.41. The molecule has 5 rings (SSSR count). The second kappa shape index (κ2) is 7.28. The number of likely N-dealkylation sites (tertiary alicyclic amines) is 1. The maximum atomic E-state index is 14.8. The van der Waals surface area contributed by atoms with E-state index in [0.717, 1.165) is 10.8 Å². The predicted molar refractivity (Wildman–Crippen MR) is 108 cm³/mol. The molecule has 0 saturated carbocycles. The van der Waals surface area contributed by atoms with Gasteiger partial charge in [-0.25, -0.2) is 18.6 Å². The number of nitrogens with zero attached hydrogens (tertiary/aromatic N) is 4. The molecule has 1 fully saturated rings. The van der Waals surface area contributed by atoms with Crippen molar-refractivity contribution in [1.82, 2.24) is 30.8 Å². The molecule has 1 aromatic heterocycles. The van der Waals surface area contributed by atoms with Crippen LogP contribution >= 0.6 is 0 Å². The third-order valence-electron chi connectivity index (χ3n) is 5.98. The van der Waals surface area contributed by atoms with Gasteiger partial charge in [-0.2, -0.15) is 5.10 Å². The number of hydrazine groups is 1. The van der Waals surface area contributed by atoms with Gasteiger partial charge >= 0.3 is 0 Å². The third kappa shape index (κ3) is 3.54. The second-order valence-corrected chi connectivity index (χ2v) is 8.20. The number of halogens is 3. The van der Waals surface area contributed by atoms with E-state index >= 15 is 0 Å². The summed E-state index contributed by atoms with van der Waals surface area (Å²) in [5.74, 6) is -3.08. The zero-order valence-electron chi connectivity index (χ0n) is 16.6. The Morgan fingerprint density at radius 3 is 2.87 bits per heavy atom. The van der Waals surface area contributed by atoms with E-state index in [9.17, 15) is 13.2 Å². The lowest BCUT2D eigenvalue weighted by Crippen LogP contribution is -2.47. The molecule has 3 N–H and O–H groups in total. The Hall–Kier alpha value is -2.59. The minimum absolute atomic E-state index is 0.0852. The first-order valence-electron chi connectivity index (χ1n) is 10.1. The van der Waals surface area contributed by atoms with Crippen molar-refractivity contribution in [3.63, 3.8) is 0 Å². The van der Waals surface area contributed by atoms with Crippen LogP contribution in [-0.4, -0.2) is 71.4 Å². The van der Waals surface area contributed by atoms with Gasteiger partial charge in [0.2, 0.25) is 0 Å². The zero-order chi connectivity index (χ0) is 20.9. The molecule has 3 unspecified atom stereocenters. The molecule has 30 heavy (non-hydrogen) atoms. The Morgan fingerprint density at radius 2 is 2.10 bits per heavy atom. The van der Waals surface area contributed by atoms with Crippen LogP contribution in [0, 0.1) is 5.92 Å². The minimum atomic E-state index is -2.69. The molecule has 0 radical (unpaired) electrons. The minimum Gasteiger partial charge on any atom is -0.345 e. The van der Waals surface area contributed by atoms with Crippen LogP contribution in [-0.2, 0) is 0 Å². The van der Waals surface area contributed by atoms with Crippen molar-refractivity contribution in [2.75, 3.05) is 26.7 Å². The summed E-state index contributed by atoms with van der Waals surface area (Å²) in [6.07, 6.45) is 7.41. The van der Waals surface area contributed by atoms with Crippen molar-refractivity contribution in [1.29, 1.82) is 0 Å². The van der Waals surface area contributed by atoms with Gasteiger partial charge < -0.3 is 10.3 Å². The first kappa shape index (κ1) is 19.4. The number of H-pyrrole nitrogens is 1. The quantitative estimate of drug-likeness (QED) is 0.658. The van der Waals surface area contributed by atoms with Gasteiger partial charge in [0, 0.05) is 43.9 Å². The van der Waals surface area contributed by atoms with Crippen molar-refractivity contribution >= 4 is 24.2 Å². The molecule has 4 heterocycles. The summed E-state index contributed by atoms with van der Waals surface area (Å²) in [7, 11) is 1.88. The smallest absolute Gasteiger partial charge is 0.260 e. The number of nitrogens with one attached hydrogen (secondary N) is 3. The number of alkyl halides is 3. The fourth-order valence-corrected chi connectivity index (χ4v) is 4.46. The molecule has 0 aromatic carbocycles. The number of fused-ring (bicyclic) bond motifs is 1. The van der Waals surface area contributed by atoms with E-state index in [0.29, 0.717) is 36.3 Å². The molecule has 4 aliphatic rings. The number of hydrogen-bond donors (Lipinski definition) is 3. The Morgan fingerprint density at radius 1 is 1.23 bits per heavy atom. The second-order valence-electron chi connectivity index (χ2n) is 8.20. The van der Waals surface area contributed by atoms with E-state index in [4.69, 9.17) is 0 Å². The van der Waals surface area contributed by atoms with Crippen molar-refractivity contribution in [2.24, 2.45) is 10.9 Å². The fourth-order valence-electron chi connectivity index (χ4n) is 4.46. The highest BCUT2D eigenvalue weighted by atomic mass is 19.3. The van der Waals surface area contributed by atoms with Gasteiger partial charge in [0.15, 0.2) is 0 Å². The van der Waals surface area contributed by atoms with E-state index in [1.54, 1.807) is 11.0 Å². The molecule has 3 atom stereocenters. The molecule has 7 nitrogen and oxygen atoms in total. The Kier molecular flexibility index (Phi) is 4.70.